The van der Waals surface area contributed by atoms with Crippen LogP contribution in [0.25, 0.3) is 0 Å². The van der Waals surface area contributed by atoms with Crippen molar-refractivity contribution in [3.8, 4) is 0 Å². The summed E-state index contributed by atoms with van der Waals surface area (Å²) in [6.07, 6.45) is -5.77. The summed E-state index contributed by atoms with van der Waals surface area (Å²) in [5, 5.41) is 8.75. The molecule has 1 fully saturated rings. The van der Waals surface area contributed by atoms with Crippen molar-refractivity contribution in [1.29, 1.82) is 0 Å². The lowest BCUT2D eigenvalue weighted by Crippen LogP contribution is -2.08. The number of carboxylic acid groups (broad SMARTS) is 1. The van der Waals surface area contributed by atoms with Gasteiger partial charge in [-0.05, 0) is 11.3 Å². The highest BCUT2D eigenvalue weighted by molar-refractivity contribution is 5.76. The largest absolute Gasteiger partial charge is 0.481 e. The fourth-order valence-electron chi connectivity index (χ4n) is 1.91. The van der Waals surface area contributed by atoms with Gasteiger partial charge in [0.15, 0.2) is 0 Å². The van der Waals surface area contributed by atoms with E-state index < -0.39 is 41.6 Å². The third kappa shape index (κ3) is 2.20. The molecule has 0 aliphatic heterocycles. The maximum absolute atomic E-state index is 12.2. The summed E-state index contributed by atoms with van der Waals surface area (Å²) < 4.78 is 48.9. The molecule has 2 unspecified atom stereocenters. The Balaban J connectivity index is 2.89. The minimum Gasteiger partial charge on any atom is -0.481 e. The van der Waals surface area contributed by atoms with E-state index in [0.717, 1.165) is 0 Å². The molecule has 16 heavy (non-hydrogen) atoms. The van der Waals surface area contributed by atoms with Crippen molar-refractivity contribution in [2.45, 2.75) is 26.7 Å². The molecule has 0 spiro atoms. The Morgan fingerprint density at radius 2 is 1.69 bits per heavy atom. The third-order valence-corrected chi connectivity index (χ3v) is 3.05. The molecule has 1 aliphatic carbocycles. The molecule has 0 heterocycles. The number of alkyl halides is 4. The Morgan fingerprint density at radius 1 is 1.25 bits per heavy atom. The molecule has 92 valence electrons. The maximum Gasteiger partial charge on any atom is 0.307 e. The molecule has 6 heteroatoms. The second-order valence-corrected chi connectivity index (χ2v) is 4.43. The first kappa shape index (κ1) is 13.0. The van der Waals surface area contributed by atoms with E-state index in [4.69, 9.17) is 5.11 Å². The van der Waals surface area contributed by atoms with Gasteiger partial charge < -0.3 is 5.11 Å². The zero-order valence-electron chi connectivity index (χ0n) is 8.75. The number of halogens is 4. The van der Waals surface area contributed by atoms with Gasteiger partial charge in [-0.15, -0.1) is 0 Å². The average molecular weight is 240 g/mol. The van der Waals surface area contributed by atoms with Crippen LogP contribution in [0.4, 0.5) is 17.6 Å². The first-order chi connectivity index (χ1) is 7.19. The zero-order valence-corrected chi connectivity index (χ0v) is 8.75. The number of allylic oxidation sites excluding steroid dienone is 2. The first-order valence-corrected chi connectivity index (χ1v) is 4.70. The fourth-order valence-corrected chi connectivity index (χ4v) is 1.91. The average Bonchev–Trinajstić information content (AvgIpc) is 2.62. The van der Waals surface area contributed by atoms with Crippen molar-refractivity contribution in [3.05, 3.63) is 11.6 Å². The number of hydrogen-bond donors (Lipinski definition) is 1. The van der Waals surface area contributed by atoms with Gasteiger partial charge in [0.2, 0.25) is 0 Å². The number of rotatable bonds is 4. The molecule has 0 saturated heterocycles. The topological polar surface area (TPSA) is 37.3 Å². The SMILES string of the molecule is CC1(C)C(C=C(C(F)F)C(F)F)C1C(=O)O. The van der Waals surface area contributed by atoms with Gasteiger partial charge in [-0.25, -0.2) is 17.6 Å². The van der Waals surface area contributed by atoms with E-state index in [1.54, 1.807) is 13.8 Å². The second-order valence-electron chi connectivity index (χ2n) is 4.43. The summed E-state index contributed by atoms with van der Waals surface area (Å²) in [5.74, 6) is -2.75. The summed E-state index contributed by atoms with van der Waals surface area (Å²) in [6, 6.07) is 0. The number of carbonyl (C=O) groups is 1. The molecule has 2 atom stereocenters. The highest BCUT2D eigenvalue weighted by atomic mass is 19.3. The fraction of sp³-hybridized carbons (Fsp3) is 0.700. The predicted molar refractivity (Wildman–Crippen MR) is 48.5 cm³/mol. The summed E-state index contributed by atoms with van der Waals surface area (Å²) in [4.78, 5) is 10.7. The molecule has 0 bridgehead atoms. The van der Waals surface area contributed by atoms with Crippen molar-refractivity contribution < 1.29 is 27.5 Å². The van der Waals surface area contributed by atoms with Crippen molar-refractivity contribution >= 4 is 5.97 Å². The molecule has 0 aromatic carbocycles. The minimum atomic E-state index is -3.24. The van der Waals surface area contributed by atoms with Gasteiger partial charge in [0, 0.05) is 0 Å². The van der Waals surface area contributed by atoms with Crippen LogP contribution in [0.1, 0.15) is 13.8 Å². The van der Waals surface area contributed by atoms with E-state index in [9.17, 15) is 22.4 Å². The van der Waals surface area contributed by atoms with Crippen LogP contribution in [0.15, 0.2) is 11.6 Å². The highest BCUT2D eigenvalue weighted by Gasteiger charge is 2.61. The maximum atomic E-state index is 12.2. The van der Waals surface area contributed by atoms with Crippen molar-refractivity contribution in [3.63, 3.8) is 0 Å². The number of carboxylic acids is 1. The molecule has 0 amide bonds. The Hall–Kier alpha value is -1.07. The van der Waals surface area contributed by atoms with Gasteiger partial charge in [-0.1, -0.05) is 19.9 Å². The monoisotopic (exact) mass is 240 g/mol. The summed E-state index contributed by atoms with van der Waals surface area (Å²) in [5.41, 5.74) is -2.01. The van der Waals surface area contributed by atoms with Gasteiger partial charge in [0.25, 0.3) is 12.9 Å². The lowest BCUT2D eigenvalue weighted by molar-refractivity contribution is -0.139. The van der Waals surface area contributed by atoms with Gasteiger partial charge in [-0.3, -0.25) is 4.79 Å². The van der Waals surface area contributed by atoms with Crippen LogP contribution < -0.4 is 0 Å². The Kier molecular flexibility index (Phi) is 3.30. The Bertz CT molecular complexity index is 313. The van der Waals surface area contributed by atoms with Crippen LogP contribution in [0.2, 0.25) is 0 Å². The van der Waals surface area contributed by atoms with E-state index in [0.29, 0.717) is 6.08 Å². The standard InChI is InChI=1S/C10H12F4O2/c1-10(2)5(6(10)9(15)16)3-4(7(11)12)8(13)14/h3,5-8H,1-2H3,(H,15,16). The quantitative estimate of drug-likeness (QED) is 0.606. The minimum absolute atomic E-state index is 0.716. The van der Waals surface area contributed by atoms with Crippen molar-refractivity contribution in [2.24, 2.45) is 17.3 Å². The van der Waals surface area contributed by atoms with Gasteiger partial charge in [-0.2, -0.15) is 0 Å². The molecule has 1 saturated carbocycles. The first-order valence-electron chi connectivity index (χ1n) is 4.70. The van der Waals surface area contributed by atoms with Crippen LogP contribution in [0.3, 0.4) is 0 Å². The lowest BCUT2D eigenvalue weighted by Gasteiger charge is -2.05. The lowest BCUT2D eigenvalue weighted by atomic mass is 10.1. The Labute approximate surface area is 89.9 Å². The second kappa shape index (κ2) is 4.07. The van der Waals surface area contributed by atoms with Crippen LogP contribution in [-0.4, -0.2) is 23.9 Å². The van der Waals surface area contributed by atoms with Crippen LogP contribution >= 0.6 is 0 Å². The summed E-state index contributed by atoms with van der Waals surface area (Å²) >= 11 is 0. The van der Waals surface area contributed by atoms with Crippen molar-refractivity contribution in [1.82, 2.24) is 0 Å². The van der Waals surface area contributed by atoms with E-state index in [-0.39, 0.29) is 0 Å². The molecule has 0 aromatic rings. The number of aliphatic carboxylic acids is 1. The molecule has 1 N–H and O–H groups in total. The van der Waals surface area contributed by atoms with E-state index in [2.05, 4.69) is 0 Å². The third-order valence-electron chi connectivity index (χ3n) is 3.05. The number of hydrogen-bond acceptors (Lipinski definition) is 1. The predicted octanol–water partition coefficient (Wildman–Crippen LogP) is 2.80. The molecule has 2 nitrogen and oxygen atoms in total. The van der Waals surface area contributed by atoms with Gasteiger partial charge in [0.1, 0.15) is 0 Å². The zero-order chi connectivity index (χ0) is 12.7. The van der Waals surface area contributed by atoms with Crippen LogP contribution in [-0.2, 0) is 4.79 Å². The summed E-state index contributed by atoms with van der Waals surface area (Å²) in [6.45, 7) is 3.11. The van der Waals surface area contributed by atoms with E-state index in [1.807, 2.05) is 0 Å². The van der Waals surface area contributed by atoms with Crippen molar-refractivity contribution in [2.75, 3.05) is 0 Å². The van der Waals surface area contributed by atoms with Crippen LogP contribution in [0, 0.1) is 17.3 Å². The van der Waals surface area contributed by atoms with E-state index in [1.165, 1.54) is 0 Å². The van der Waals surface area contributed by atoms with Crippen LogP contribution in [0.5, 0.6) is 0 Å². The molecular formula is C10H12F4O2. The molecule has 1 rings (SSSR count). The van der Waals surface area contributed by atoms with Gasteiger partial charge in [0.05, 0.1) is 11.5 Å². The highest BCUT2D eigenvalue weighted by Crippen LogP contribution is 2.59. The molecule has 0 radical (unpaired) electrons. The smallest absolute Gasteiger partial charge is 0.307 e. The molecule has 1 aliphatic rings. The van der Waals surface area contributed by atoms with E-state index >= 15 is 0 Å². The Morgan fingerprint density at radius 3 is 1.94 bits per heavy atom. The van der Waals surface area contributed by atoms with Gasteiger partial charge >= 0.3 is 5.97 Å². The summed E-state index contributed by atoms with van der Waals surface area (Å²) in [7, 11) is 0. The normalized spacial score (nSPS) is 27.0. The molecule has 0 aromatic heterocycles. The molecular weight excluding hydrogens is 228 g/mol.